The van der Waals surface area contributed by atoms with Crippen molar-refractivity contribution in [1.82, 2.24) is 0 Å². The smallest absolute Gasteiger partial charge is 0.462 e. The lowest BCUT2D eigenvalue weighted by Gasteiger charge is -2.21. The van der Waals surface area contributed by atoms with Gasteiger partial charge in [-0.05, 0) is 141 Å². The molecule has 5 unspecified atom stereocenters. The van der Waals surface area contributed by atoms with E-state index in [4.69, 9.17) is 37.0 Å². The predicted molar refractivity (Wildman–Crippen MR) is 409 cm³/mol. The maximum atomic E-state index is 13.1. The van der Waals surface area contributed by atoms with Crippen LogP contribution in [0.4, 0.5) is 0 Å². The molecule has 17 nitrogen and oxygen atoms in total. The zero-order chi connectivity index (χ0) is 73.2. The Morgan fingerprint density at radius 3 is 0.810 bits per heavy atom. The number of rotatable bonds is 75. The molecule has 0 aromatic carbocycles. The molecule has 0 aromatic rings. The van der Waals surface area contributed by atoms with E-state index in [0.29, 0.717) is 25.7 Å². The number of ether oxygens (including phenoxy) is 4. The van der Waals surface area contributed by atoms with Crippen molar-refractivity contribution >= 4 is 39.5 Å². The number of aliphatic hydroxyl groups is 1. The molecule has 0 aliphatic carbocycles. The molecule has 0 saturated heterocycles. The second-order valence-electron chi connectivity index (χ2n) is 26.6. The number of phosphoric acid groups is 2. The number of carbonyl (C=O) groups excluding carboxylic acids is 4. The average Bonchev–Trinajstić information content (AvgIpc) is 2.75. The van der Waals surface area contributed by atoms with Crippen LogP contribution in [0.2, 0.25) is 0 Å². The van der Waals surface area contributed by atoms with Crippen LogP contribution in [0.5, 0.6) is 0 Å². The van der Waals surface area contributed by atoms with Crippen LogP contribution in [-0.2, 0) is 65.4 Å². The first-order valence-corrected chi connectivity index (χ1v) is 42.8. The van der Waals surface area contributed by atoms with Gasteiger partial charge in [-0.2, -0.15) is 0 Å². The van der Waals surface area contributed by atoms with Crippen molar-refractivity contribution in [2.75, 3.05) is 39.6 Å². The fourth-order valence-electron chi connectivity index (χ4n) is 10.6. The molecule has 0 bridgehead atoms. The molecule has 0 radical (unpaired) electrons. The van der Waals surface area contributed by atoms with Crippen molar-refractivity contribution < 1.29 is 80.2 Å². The third-order valence-electron chi connectivity index (χ3n) is 16.8. The van der Waals surface area contributed by atoms with Gasteiger partial charge in [0.2, 0.25) is 0 Å². The third-order valence-corrected chi connectivity index (χ3v) is 18.7. The summed E-state index contributed by atoms with van der Waals surface area (Å²) in [7, 11) is -9.95. The molecule has 0 rings (SSSR count). The lowest BCUT2D eigenvalue weighted by atomic mass is 10.1. The van der Waals surface area contributed by atoms with E-state index in [9.17, 15) is 43.2 Å². The zero-order valence-corrected chi connectivity index (χ0v) is 65.2. The van der Waals surface area contributed by atoms with E-state index in [1.165, 1.54) is 89.9 Å². The Kier molecular flexibility index (Phi) is 70.8. The van der Waals surface area contributed by atoms with Gasteiger partial charge in [-0.15, -0.1) is 0 Å². The Labute approximate surface area is 608 Å². The van der Waals surface area contributed by atoms with Gasteiger partial charge in [0.05, 0.1) is 26.4 Å². The number of hydrogen-bond donors (Lipinski definition) is 3. The largest absolute Gasteiger partial charge is 0.472 e. The van der Waals surface area contributed by atoms with Crippen molar-refractivity contribution in [3.05, 3.63) is 85.1 Å². The quantitative estimate of drug-likeness (QED) is 0.0169. The predicted octanol–water partition coefficient (Wildman–Crippen LogP) is 23.0. The van der Waals surface area contributed by atoms with Crippen LogP contribution in [0.15, 0.2) is 85.1 Å². The van der Waals surface area contributed by atoms with E-state index in [-0.39, 0.29) is 25.7 Å². The average molecular weight is 1450 g/mol. The highest BCUT2D eigenvalue weighted by atomic mass is 31.2. The number of esters is 4. The van der Waals surface area contributed by atoms with Gasteiger partial charge in [-0.25, -0.2) is 9.13 Å². The van der Waals surface area contributed by atoms with Crippen LogP contribution in [0, 0.1) is 0 Å². The lowest BCUT2D eigenvalue weighted by Crippen LogP contribution is -2.30. The molecule has 3 N–H and O–H groups in total. The summed E-state index contributed by atoms with van der Waals surface area (Å²) in [5.41, 5.74) is 0. The lowest BCUT2D eigenvalue weighted by molar-refractivity contribution is -0.161. The summed E-state index contributed by atoms with van der Waals surface area (Å²) in [4.78, 5) is 72.9. The topological polar surface area (TPSA) is 237 Å². The Bertz CT molecular complexity index is 2230. The molecule has 580 valence electrons. The SMILES string of the molecule is CCCC/C=C\CCCCCCCC(=O)OC(COC(=O)CCCCCCC/C=C\CCCCCCCC)COP(=O)(O)OCC(O)COP(=O)(O)OCC(COC(=O)CCCCCCCC/C=C\C/C=C\C/C=C\CCCCC)OC(=O)CCCCCCC/C=C\C/C=C\CCCCC. The van der Waals surface area contributed by atoms with E-state index in [2.05, 4.69) is 113 Å². The summed E-state index contributed by atoms with van der Waals surface area (Å²) in [5, 5.41) is 10.6. The van der Waals surface area contributed by atoms with Crippen molar-refractivity contribution in [2.24, 2.45) is 0 Å². The van der Waals surface area contributed by atoms with Crippen LogP contribution < -0.4 is 0 Å². The summed E-state index contributed by atoms with van der Waals surface area (Å²) in [6.45, 7) is 4.77. The number of allylic oxidation sites excluding steroid dienone is 14. The Morgan fingerprint density at radius 1 is 0.280 bits per heavy atom. The van der Waals surface area contributed by atoms with Crippen LogP contribution in [0.25, 0.3) is 0 Å². The minimum Gasteiger partial charge on any atom is -0.462 e. The van der Waals surface area contributed by atoms with Gasteiger partial charge >= 0.3 is 39.5 Å². The standard InChI is InChI=1S/C81H144O17P2/c1-5-9-13-17-21-25-29-32-35-36-37-38-41-43-47-50-54-58-62-66-79(84)92-72-77(98-81(86)68-64-60-56-52-48-44-40-34-31-27-23-19-15-11-7-3)74-96-100(89,90)94-70-75(82)69-93-99(87,88)95-73-76(97-80(85)67-63-59-55-51-45-28-24-20-16-12-8-4)71-91-78(83)65-61-57-53-49-46-42-39-33-30-26-22-18-14-10-6-2/h20-21,23-25,27,32-35,37-40,75-77,82H,5-19,22,26,28-31,36,41-74H2,1-4H3,(H,87,88)(H,89,90)/b24-20-,25-21-,27-23-,35-32-,38-37-,39-33-,40-34-. The van der Waals surface area contributed by atoms with Gasteiger partial charge in [-0.3, -0.25) is 37.3 Å². The fourth-order valence-corrected chi connectivity index (χ4v) is 12.2. The highest BCUT2D eigenvalue weighted by molar-refractivity contribution is 7.47. The van der Waals surface area contributed by atoms with Crippen molar-refractivity contribution in [2.45, 2.75) is 367 Å². The van der Waals surface area contributed by atoms with Gasteiger partial charge in [0.15, 0.2) is 12.2 Å². The maximum Gasteiger partial charge on any atom is 0.472 e. The summed E-state index contributed by atoms with van der Waals surface area (Å²) in [5.74, 6) is -2.20. The van der Waals surface area contributed by atoms with E-state index in [0.717, 1.165) is 180 Å². The summed E-state index contributed by atoms with van der Waals surface area (Å²) >= 11 is 0. The molecule has 0 aliphatic heterocycles. The van der Waals surface area contributed by atoms with Crippen LogP contribution >= 0.6 is 15.6 Å². The minimum atomic E-state index is -4.98. The zero-order valence-electron chi connectivity index (χ0n) is 63.4. The number of phosphoric ester groups is 2. The minimum absolute atomic E-state index is 0.0768. The highest BCUT2D eigenvalue weighted by Crippen LogP contribution is 2.45. The van der Waals surface area contributed by atoms with Crippen molar-refractivity contribution in [1.29, 1.82) is 0 Å². The van der Waals surface area contributed by atoms with Gasteiger partial charge in [0.25, 0.3) is 0 Å². The summed E-state index contributed by atoms with van der Waals surface area (Å²) in [6, 6.07) is 0. The Hall–Kier alpha value is -3.76. The molecule has 0 amide bonds. The molecular formula is C81H144O17P2. The van der Waals surface area contributed by atoms with Crippen LogP contribution in [0.1, 0.15) is 349 Å². The molecule has 0 spiro atoms. The van der Waals surface area contributed by atoms with Crippen LogP contribution in [-0.4, -0.2) is 96.7 Å². The normalized spacial score (nSPS) is 14.3. The van der Waals surface area contributed by atoms with Crippen molar-refractivity contribution in [3.63, 3.8) is 0 Å². The van der Waals surface area contributed by atoms with Gasteiger partial charge < -0.3 is 33.8 Å². The first-order chi connectivity index (χ1) is 48.7. The summed E-state index contributed by atoms with van der Waals surface area (Å²) < 4.78 is 68.5. The van der Waals surface area contributed by atoms with Gasteiger partial charge in [0.1, 0.15) is 19.3 Å². The van der Waals surface area contributed by atoms with E-state index in [1.54, 1.807) is 0 Å². The molecular weight excluding hydrogens is 1310 g/mol. The molecule has 0 heterocycles. The third kappa shape index (κ3) is 72.6. The first kappa shape index (κ1) is 96.2. The molecule has 100 heavy (non-hydrogen) atoms. The van der Waals surface area contributed by atoms with Crippen molar-refractivity contribution in [3.8, 4) is 0 Å². The van der Waals surface area contributed by atoms with E-state index >= 15 is 0 Å². The summed E-state index contributed by atoms with van der Waals surface area (Å²) in [6.07, 6.45) is 75.6. The monoisotopic (exact) mass is 1450 g/mol. The van der Waals surface area contributed by atoms with E-state index < -0.39 is 97.5 Å². The fraction of sp³-hybridized carbons (Fsp3) is 0.778. The first-order valence-electron chi connectivity index (χ1n) is 39.8. The number of hydrogen-bond acceptors (Lipinski definition) is 15. The number of unbranched alkanes of at least 4 members (excludes halogenated alkanes) is 35. The second-order valence-corrected chi connectivity index (χ2v) is 29.5. The molecule has 0 aliphatic rings. The number of aliphatic hydroxyl groups excluding tert-OH is 1. The Balaban J connectivity index is 5.33. The molecule has 5 atom stereocenters. The van der Waals surface area contributed by atoms with Crippen LogP contribution in [0.3, 0.4) is 0 Å². The molecule has 0 aromatic heterocycles. The van der Waals surface area contributed by atoms with E-state index in [1.807, 2.05) is 0 Å². The van der Waals surface area contributed by atoms with Gasteiger partial charge in [-0.1, -0.05) is 267 Å². The van der Waals surface area contributed by atoms with Gasteiger partial charge in [0, 0.05) is 25.7 Å². The Morgan fingerprint density at radius 2 is 0.500 bits per heavy atom. The maximum absolute atomic E-state index is 13.1. The number of carbonyl (C=O) groups is 4. The second kappa shape index (κ2) is 73.5. The molecule has 0 fully saturated rings. The highest BCUT2D eigenvalue weighted by Gasteiger charge is 2.30. The molecule has 0 saturated carbocycles. The molecule has 19 heteroatoms.